The Hall–Kier alpha value is -0.610. The van der Waals surface area contributed by atoms with Crippen LogP contribution in [0.3, 0.4) is 0 Å². The number of nitrogens with two attached hydrogens (primary N) is 1. The molecule has 84 valence electrons. The fourth-order valence-electron chi connectivity index (χ4n) is 1.51. The fourth-order valence-corrected chi connectivity index (χ4v) is 1.51. The minimum atomic E-state index is -0.610. The van der Waals surface area contributed by atoms with Gasteiger partial charge in [0.05, 0.1) is 0 Å². The number of hydrogen-bond acceptors (Lipinski definition) is 3. The lowest BCUT2D eigenvalue weighted by Gasteiger charge is -2.32. The highest BCUT2D eigenvalue weighted by Gasteiger charge is 2.31. The molecule has 0 fully saturated rings. The van der Waals surface area contributed by atoms with Gasteiger partial charge in [0.2, 0.25) is 5.91 Å². The Labute approximate surface area is 86.8 Å². The molecule has 0 saturated heterocycles. The van der Waals surface area contributed by atoms with Crippen molar-refractivity contribution in [3.8, 4) is 0 Å². The van der Waals surface area contributed by atoms with Gasteiger partial charge in [0.25, 0.3) is 0 Å². The monoisotopic (exact) mass is 201 g/mol. The number of primary amides is 1. The van der Waals surface area contributed by atoms with Gasteiger partial charge in [0, 0.05) is 6.54 Å². The Bertz CT molecular complexity index is 180. The Morgan fingerprint density at radius 3 is 2.14 bits per heavy atom. The van der Waals surface area contributed by atoms with E-state index >= 15 is 0 Å². The van der Waals surface area contributed by atoms with E-state index in [0.29, 0.717) is 6.54 Å². The van der Waals surface area contributed by atoms with Crippen LogP contribution in [0.2, 0.25) is 0 Å². The number of hydrogen-bond donors (Lipinski definition) is 2. The van der Waals surface area contributed by atoms with Crippen LogP contribution in [-0.2, 0) is 4.79 Å². The number of likely N-dealkylation sites (N-methyl/N-ethyl adjacent to an activating group) is 2. The molecule has 0 heterocycles. The highest BCUT2D eigenvalue weighted by atomic mass is 16.1. The minimum Gasteiger partial charge on any atom is -0.368 e. The molecule has 0 aromatic rings. The first-order chi connectivity index (χ1) is 6.50. The molecule has 0 aromatic carbocycles. The third-order valence-electron chi connectivity index (χ3n) is 2.55. The van der Waals surface area contributed by atoms with Crippen molar-refractivity contribution in [2.45, 2.75) is 33.2 Å². The van der Waals surface area contributed by atoms with Gasteiger partial charge >= 0.3 is 0 Å². The molecule has 1 atom stereocenters. The van der Waals surface area contributed by atoms with Crippen LogP contribution < -0.4 is 11.1 Å². The summed E-state index contributed by atoms with van der Waals surface area (Å²) in [7, 11) is 0. The van der Waals surface area contributed by atoms with Gasteiger partial charge in [-0.1, -0.05) is 20.8 Å². The highest BCUT2D eigenvalue weighted by molar-refractivity contribution is 5.84. The van der Waals surface area contributed by atoms with Crippen LogP contribution in [0.5, 0.6) is 0 Å². The third-order valence-corrected chi connectivity index (χ3v) is 2.55. The Kier molecular flexibility index (Phi) is 5.72. The van der Waals surface area contributed by atoms with E-state index in [1.165, 1.54) is 0 Å². The summed E-state index contributed by atoms with van der Waals surface area (Å²) < 4.78 is 0. The molecular weight excluding hydrogens is 178 g/mol. The number of amides is 1. The summed E-state index contributed by atoms with van der Waals surface area (Å²) in [5.74, 6) is -0.286. The molecule has 1 unspecified atom stereocenters. The predicted molar refractivity (Wildman–Crippen MR) is 59.1 cm³/mol. The van der Waals surface area contributed by atoms with Crippen LogP contribution in [0.1, 0.15) is 27.7 Å². The molecule has 14 heavy (non-hydrogen) atoms. The van der Waals surface area contributed by atoms with Gasteiger partial charge in [-0.25, -0.2) is 0 Å². The molecule has 0 aliphatic heterocycles. The quantitative estimate of drug-likeness (QED) is 0.618. The van der Waals surface area contributed by atoms with Crippen LogP contribution in [0, 0.1) is 0 Å². The second-order valence-electron chi connectivity index (χ2n) is 3.69. The summed E-state index contributed by atoms with van der Waals surface area (Å²) in [5, 5.41) is 3.14. The zero-order valence-corrected chi connectivity index (χ0v) is 9.76. The number of carbonyl (C=O) groups is 1. The summed E-state index contributed by atoms with van der Waals surface area (Å²) in [6.07, 6.45) is 0. The summed E-state index contributed by atoms with van der Waals surface area (Å²) >= 11 is 0. The molecule has 0 aromatic heterocycles. The molecule has 1 amide bonds. The van der Waals surface area contributed by atoms with E-state index in [9.17, 15) is 4.79 Å². The van der Waals surface area contributed by atoms with Crippen molar-refractivity contribution in [1.82, 2.24) is 10.2 Å². The van der Waals surface area contributed by atoms with Gasteiger partial charge in [0.15, 0.2) is 0 Å². The SMILES string of the molecule is CCNC(C)(CN(CC)CC)C(N)=O. The summed E-state index contributed by atoms with van der Waals surface area (Å²) in [6.45, 7) is 11.3. The standard InChI is InChI=1S/C10H23N3O/c1-5-12-10(4,9(11)14)8-13(6-2)7-3/h12H,5-8H2,1-4H3,(H2,11,14). The van der Waals surface area contributed by atoms with Gasteiger partial charge in [-0.15, -0.1) is 0 Å². The molecule has 4 heteroatoms. The van der Waals surface area contributed by atoms with E-state index in [2.05, 4.69) is 24.1 Å². The highest BCUT2D eigenvalue weighted by Crippen LogP contribution is 2.05. The Morgan fingerprint density at radius 2 is 1.86 bits per heavy atom. The average molecular weight is 201 g/mol. The topological polar surface area (TPSA) is 58.4 Å². The summed E-state index contributed by atoms with van der Waals surface area (Å²) in [5.41, 5.74) is 4.78. The first kappa shape index (κ1) is 13.4. The fraction of sp³-hybridized carbons (Fsp3) is 0.900. The van der Waals surface area contributed by atoms with E-state index in [0.717, 1.165) is 19.6 Å². The van der Waals surface area contributed by atoms with Crippen LogP contribution in [0.15, 0.2) is 0 Å². The number of nitrogens with zero attached hydrogens (tertiary/aromatic N) is 1. The normalized spacial score (nSPS) is 15.5. The summed E-state index contributed by atoms with van der Waals surface area (Å²) in [4.78, 5) is 13.5. The zero-order valence-electron chi connectivity index (χ0n) is 9.76. The molecular formula is C10H23N3O. The predicted octanol–water partition coefficient (Wildman–Crippen LogP) is 0.182. The van der Waals surface area contributed by atoms with Gasteiger partial charge < -0.3 is 16.0 Å². The van der Waals surface area contributed by atoms with Crippen molar-refractivity contribution in [2.24, 2.45) is 5.73 Å². The molecule has 0 aliphatic carbocycles. The average Bonchev–Trinajstić information content (AvgIpc) is 2.14. The zero-order chi connectivity index (χ0) is 11.2. The molecule has 4 nitrogen and oxygen atoms in total. The lowest BCUT2D eigenvalue weighted by molar-refractivity contribution is -0.124. The van der Waals surface area contributed by atoms with Crippen molar-refractivity contribution in [3.05, 3.63) is 0 Å². The van der Waals surface area contributed by atoms with Crippen LogP contribution >= 0.6 is 0 Å². The van der Waals surface area contributed by atoms with Gasteiger partial charge in [-0.05, 0) is 26.6 Å². The number of nitrogens with one attached hydrogen (secondary N) is 1. The van der Waals surface area contributed by atoms with Crippen LogP contribution in [-0.4, -0.2) is 42.5 Å². The van der Waals surface area contributed by atoms with Crippen molar-refractivity contribution < 1.29 is 4.79 Å². The van der Waals surface area contributed by atoms with Crippen LogP contribution in [0.4, 0.5) is 0 Å². The molecule has 0 rings (SSSR count). The maximum Gasteiger partial charge on any atom is 0.238 e. The Morgan fingerprint density at radius 1 is 1.36 bits per heavy atom. The van der Waals surface area contributed by atoms with E-state index in [1.807, 2.05) is 13.8 Å². The van der Waals surface area contributed by atoms with Crippen molar-refractivity contribution >= 4 is 5.91 Å². The lowest BCUT2D eigenvalue weighted by atomic mass is 10.0. The summed E-state index contributed by atoms with van der Waals surface area (Å²) in [6, 6.07) is 0. The molecule has 0 radical (unpaired) electrons. The van der Waals surface area contributed by atoms with Crippen molar-refractivity contribution in [2.75, 3.05) is 26.2 Å². The second-order valence-corrected chi connectivity index (χ2v) is 3.69. The molecule has 0 bridgehead atoms. The van der Waals surface area contributed by atoms with E-state index in [4.69, 9.17) is 5.73 Å². The largest absolute Gasteiger partial charge is 0.368 e. The lowest BCUT2D eigenvalue weighted by Crippen LogP contribution is -2.59. The van der Waals surface area contributed by atoms with E-state index < -0.39 is 5.54 Å². The molecule has 0 spiro atoms. The van der Waals surface area contributed by atoms with Crippen molar-refractivity contribution in [1.29, 1.82) is 0 Å². The van der Waals surface area contributed by atoms with Gasteiger partial charge in [-0.2, -0.15) is 0 Å². The number of carbonyl (C=O) groups excluding carboxylic acids is 1. The molecule has 0 aliphatic rings. The van der Waals surface area contributed by atoms with Gasteiger partial charge in [0.1, 0.15) is 5.54 Å². The van der Waals surface area contributed by atoms with Gasteiger partial charge in [-0.3, -0.25) is 4.79 Å². The van der Waals surface area contributed by atoms with E-state index in [-0.39, 0.29) is 5.91 Å². The minimum absolute atomic E-state index is 0.286. The molecule has 3 N–H and O–H groups in total. The third kappa shape index (κ3) is 3.64. The first-order valence-corrected chi connectivity index (χ1v) is 5.27. The smallest absolute Gasteiger partial charge is 0.238 e. The van der Waals surface area contributed by atoms with Crippen LogP contribution in [0.25, 0.3) is 0 Å². The Balaban J connectivity index is 4.42. The van der Waals surface area contributed by atoms with E-state index in [1.54, 1.807) is 0 Å². The first-order valence-electron chi connectivity index (χ1n) is 5.27. The second kappa shape index (κ2) is 5.98. The maximum atomic E-state index is 11.3. The number of rotatable bonds is 7. The molecule has 0 saturated carbocycles. The maximum absolute atomic E-state index is 11.3. The van der Waals surface area contributed by atoms with Crippen molar-refractivity contribution in [3.63, 3.8) is 0 Å².